The van der Waals surface area contributed by atoms with E-state index < -0.39 is 23.7 Å². The highest BCUT2D eigenvalue weighted by Gasteiger charge is 2.48. The van der Waals surface area contributed by atoms with E-state index >= 15 is 0 Å². The van der Waals surface area contributed by atoms with Gasteiger partial charge in [-0.1, -0.05) is 26.0 Å². The number of nitrogens with zero attached hydrogens (tertiary/aromatic N) is 1. The molecular formula is C14H17NO4. The van der Waals surface area contributed by atoms with Gasteiger partial charge in [0.05, 0.1) is 11.8 Å². The van der Waals surface area contributed by atoms with Gasteiger partial charge in [0.1, 0.15) is 5.75 Å². The zero-order valence-electron chi connectivity index (χ0n) is 10.9. The number of imide groups is 1. The van der Waals surface area contributed by atoms with Crippen molar-refractivity contribution >= 4 is 11.8 Å². The van der Waals surface area contributed by atoms with Crippen molar-refractivity contribution in [3.8, 4) is 5.75 Å². The van der Waals surface area contributed by atoms with Crippen molar-refractivity contribution in [2.75, 3.05) is 0 Å². The molecule has 2 amide bonds. The van der Waals surface area contributed by atoms with Crippen molar-refractivity contribution in [2.45, 2.75) is 26.2 Å². The van der Waals surface area contributed by atoms with Crippen molar-refractivity contribution in [2.24, 2.45) is 11.8 Å². The molecule has 1 aromatic carbocycles. The van der Waals surface area contributed by atoms with Gasteiger partial charge in [-0.05, 0) is 30.0 Å². The van der Waals surface area contributed by atoms with Crippen LogP contribution < -0.4 is 0 Å². The molecule has 0 spiro atoms. The van der Waals surface area contributed by atoms with Crippen LogP contribution in [0.4, 0.5) is 0 Å². The van der Waals surface area contributed by atoms with Crippen LogP contribution in [0, 0.1) is 11.8 Å². The van der Waals surface area contributed by atoms with E-state index in [4.69, 9.17) is 0 Å². The van der Waals surface area contributed by atoms with E-state index in [-0.39, 0.29) is 16.7 Å². The zero-order chi connectivity index (χ0) is 14.2. The summed E-state index contributed by atoms with van der Waals surface area (Å²) < 4.78 is 0. The Morgan fingerprint density at radius 2 is 1.74 bits per heavy atom. The highest BCUT2D eigenvalue weighted by atomic mass is 16.5. The van der Waals surface area contributed by atoms with Gasteiger partial charge in [-0.25, -0.2) is 0 Å². The minimum Gasteiger partial charge on any atom is -0.508 e. The van der Waals surface area contributed by atoms with Gasteiger partial charge < -0.3 is 5.11 Å². The minimum atomic E-state index is -0.666. The van der Waals surface area contributed by atoms with Gasteiger partial charge in [-0.2, -0.15) is 5.06 Å². The molecule has 5 heteroatoms. The molecule has 0 aliphatic carbocycles. The normalized spacial score (nSPS) is 23.5. The van der Waals surface area contributed by atoms with E-state index in [0.29, 0.717) is 12.0 Å². The summed E-state index contributed by atoms with van der Waals surface area (Å²) in [6.07, 6.45) is 0.535. The van der Waals surface area contributed by atoms with Crippen LogP contribution in [-0.2, 0) is 9.59 Å². The Kier molecular flexibility index (Phi) is 3.57. The van der Waals surface area contributed by atoms with Gasteiger partial charge in [-0.3, -0.25) is 14.8 Å². The number of hydrogen-bond acceptors (Lipinski definition) is 4. The third kappa shape index (κ3) is 2.46. The standard InChI is InChI=1S/C14H17NO4/c1-8(2)7-11-12(14(18)15(19)13(11)17)9-3-5-10(16)6-4-9/h3-6,8,11-12,16,19H,7H2,1-2H3/t11-,12-/m1/s1. The van der Waals surface area contributed by atoms with Gasteiger partial charge in [0.15, 0.2) is 0 Å². The molecule has 2 N–H and O–H groups in total. The third-order valence-electron chi connectivity index (χ3n) is 3.38. The molecule has 1 aliphatic heterocycles. The maximum atomic E-state index is 12.0. The summed E-state index contributed by atoms with van der Waals surface area (Å²) in [6.45, 7) is 3.93. The van der Waals surface area contributed by atoms with Gasteiger partial charge in [0, 0.05) is 0 Å². The molecule has 0 saturated carbocycles. The first-order chi connectivity index (χ1) is 8.91. The molecule has 0 bridgehead atoms. The molecule has 19 heavy (non-hydrogen) atoms. The second kappa shape index (κ2) is 5.01. The number of aromatic hydroxyl groups is 1. The molecular weight excluding hydrogens is 246 g/mol. The van der Waals surface area contributed by atoms with Crippen molar-refractivity contribution in [1.29, 1.82) is 0 Å². The summed E-state index contributed by atoms with van der Waals surface area (Å²) in [6, 6.07) is 6.16. The molecule has 5 nitrogen and oxygen atoms in total. The van der Waals surface area contributed by atoms with E-state index in [0.717, 1.165) is 0 Å². The van der Waals surface area contributed by atoms with Gasteiger partial charge in [0.25, 0.3) is 11.8 Å². The van der Waals surface area contributed by atoms with Gasteiger partial charge in [0.2, 0.25) is 0 Å². The van der Waals surface area contributed by atoms with Crippen molar-refractivity contribution in [3.63, 3.8) is 0 Å². The molecule has 1 aliphatic rings. The predicted octanol–water partition coefficient (Wildman–Crippen LogP) is 1.90. The summed E-state index contributed by atoms with van der Waals surface area (Å²) in [5.74, 6) is -2.00. The maximum absolute atomic E-state index is 12.0. The number of rotatable bonds is 3. The molecule has 102 valence electrons. The summed E-state index contributed by atoms with van der Waals surface area (Å²) in [4.78, 5) is 23.9. The van der Waals surface area contributed by atoms with Crippen molar-refractivity contribution in [3.05, 3.63) is 29.8 Å². The second-order valence-corrected chi connectivity index (χ2v) is 5.29. The Morgan fingerprint density at radius 3 is 2.26 bits per heavy atom. The topological polar surface area (TPSA) is 77.8 Å². The Morgan fingerprint density at radius 1 is 1.16 bits per heavy atom. The van der Waals surface area contributed by atoms with Crippen LogP contribution in [0.1, 0.15) is 31.7 Å². The first-order valence-electron chi connectivity index (χ1n) is 6.27. The molecule has 0 aromatic heterocycles. The molecule has 2 rings (SSSR count). The smallest absolute Gasteiger partial charge is 0.261 e. The number of phenolic OH excluding ortho intramolecular Hbond substituents is 1. The van der Waals surface area contributed by atoms with Crippen LogP contribution in [0.2, 0.25) is 0 Å². The quantitative estimate of drug-likeness (QED) is 0.645. The van der Waals surface area contributed by atoms with E-state index in [1.54, 1.807) is 12.1 Å². The zero-order valence-corrected chi connectivity index (χ0v) is 10.9. The lowest BCUT2D eigenvalue weighted by Crippen LogP contribution is -2.27. The Balaban J connectivity index is 2.36. The number of carbonyl (C=O) groups excluding carboxylic acids is 2. The van der Waals surface area contributed by atoms with Crippen LogP contribution >= 0.6 is 0 Å². The highest BCUT2D eigenvalue weighted by Crippen LogP contribution is 2.38. The molecule has 1 saturated heterocycles. The minimum absolute atomic E-state index is 0.0989. The van der Waals surface area contributed by atoms with Crippen LogP contribution in [-0.4, -0.2) is 27.2 Å². The van der Waals surface area contributed by atoms with Gasteiger partial charge >= 0.3 is 0 Å². The Hall–Kier alpha value is -1.88. The molecule has 1 aromatic rings. The summed E-state index contributed by atoms with van der Waals surface area (Å²) in [7, 11) is 0. The van der Waals surface area contributed by atoms with Crippen LogP contribution in [0.15, 0.2) is 24.3 Å². The maximum Gasteiger partial charge on any atom is 0.261 e. The lowest BCUT2D eigenvalue weighted by molar-refractivity contribution is -0.172. The number of carbonyl (C=O) groups is 2. The second-order valence-electron chi connectivity index (χ2n) is 5.29. The van der Waals surface area contributed by atoms with Gasteiger partial charge in [-0.15, -0.1) is 0 Å². The predicted molar refractivity (Wildman–Crippen MR) is 67.4 cm³/mol. The van der Waals surface area contributed by atoms with Crippen LogP contribution in [0.3, 0.4) is 0 Å². The Labute approximate surface area is 111 Å². The summed E-state index contributed by atoms with van der Waals surface area (Å²) in [5.41, 5.74) is 0.637. The number of amides is 2. The monoisotopic (exact) mass is 263 g/mol. The largest absolute Gasteiger partial charge is 0.508 e. The van der Waals surface area contributed by atoms with Crippen molar-refractivity contribution < 1.29 is 19.9 Å². The molecule has 0 radical (unpaired) electrons. The fraction of sp³-hybridized carbons (Fsp3) is 0.429. The number of phenols is 1. The molecule has 1 fully saturated rings. The lowest BCUT2D eigenvalue weighted by atomic mass is 9.83. The fourth-order valence-corrected chi connectivity index (χ4v) is 2.51. The van der Waals surface area contributed by atoms with E-state index in [9.17, 15) is 19.9 Å². The first kappa shape index (κ1) is 13.5. The first-order valence-corrected chi connectivity index (χ1v) is 6.27. The van der Waals surface area contributed by atoms with Crippen molar-refractivity contribution in [1.82, 2.24) is 5.06 Å². The average molecular weight is 263 g/mol. The van der Waals surface area contributed by atoms with Crippen LogP contribution in [0.25, 0.3) is 0 Å². The fourth-order valence-electron chi connectivity index (χ4n) is 2.51. The SMILES string of the molecule is CC(C)C[C@H]1C(=O)N(O)C(=O)[C@@H]1c1ccc(O)cc1. The average Bonchev–Trinajstić information content (AvgIpc) is 2.55. The van der Waals surface area contributed by atoms with E-state index in [1.807, 2.05) is 13.8 Å². The van der Waals surface area contributed by atoms with E-state index in [1.165, 1.54) is 12.1 Å². The summed E-state index contributed by atoms with van der Waals surface area (Å²) in [5, 5.41) is 19.0. The number of hydrogen-bond donors (Lipinski definition) is 2. The molecule has 0 unspecified atom stereocenters. The molecule has 1 heterocycles. The highest BCUT2D eigenvalue weighted by molar-refractivity contribution is 6.06. The number of benzene rings is 1. The lowest BCUT2D eigenvalue weighted by Gasteiger charge is -2.17. The van der Waals surface area contributed by atoms with E-state index in [2.05, 4.69) is 0 Å². The Bertz CT molecular complexity index is 495. The third-order valence-corrected chi connectivity index (χ3v) is 3.38. The molecule has 2 atom stereocenters. The van der Waals surface area contributed by atoms with Crippen LogP contribution in [0.5, 0.6) is 5.75 Å². The number of hydroxylamine groups is 2. The summed E-state index contributed by atoms with van der Waals surface area (Å²) >= 11 is 0.